The summed E-state index contributed by atoms with van der Waals surface area (Å²) < 4.78 is 8.00. The first-order chi connectivity index (χ1) is 12.8. The Morgan fingerprint density at radius 2 is 2.00 bits per heavy atom. The number of para-hydroxylation sites is 1. The number of thiazole rings is 1. The summed E-state index contributed by atoms with van der Waals surface area (Å²) in [7, 11) is 0. The third-order valence-electron chi connectivity index (χ3n) is 4.31. The van der Waals surface area contributed by atoms with Crippen LogP contribution in [0.5, 0.6) is 5.88 Å². The van der Waals surface area contributed by atoms with Crippen molar-refractivity contribution < 1.29 is 9.53 Å². The van der Waals surface area contributed by atoms with Gasteiger partial charge in [-0.15, -0.1) is 11.3 Å². The normalized spacial score (nSPS) is 15.3. The van der Waals surface area contributed by atoms with Gasteiger partial charge >= 0.3 is 0 Å². The van der Waals surface area contributed by atoms with Gasteiger partial charge in [-0.3, -0.25) is 4.79 Å². The number of aromatic nitrogens is 2. The maximum atomic E-state index is 12.5. The SMILES string of the molecule is O=C(CSc1nc2ccccc2s1)N1CCC(Oc2ccccn2)CC1. The average Bonchev–Trinajstić information content (AvgIpc) is 3.10. The van der Waals surface area contributed by atoms with Crippen LogP contribution in [-0.2, 0) is 4.79 Å². The molecule has 4 rings (SSSR count). The van der Waals surface area contributed by atoms with E-state index < -0.39 is 0 Å². The van der Waals surface area contributed by atoms with Gasteiger partial charge < -0.3 is 9.64 Å². The standard InChI is InChI=1S/C19H19N3O2S2/c23-18(13-25-19-21-15-5-1-2-6-16(15)26-19)22-11-8-14(9-12-22)24-17-7-3-4-10-20-17/h1-7,10,14H,8-9,11-13H2. The van der Waals surface area contributed by atoms with Crippen LogP contribution in [0.4, 0.5) is 0 Å². The lowest BCUT2D eigenvalue weighted by molar-refractivity contribution is -0.130. The molecule has 0 aliphatic carbocycles. The highest BCUT2D eigenvalue weighted by atomic mass is 32.2. The smallest absolute Gasteiger partial charge is 0.233 e. The predicted molar refractivity (Wildman–Crippen MR) is 105 cm³/mol. The third kappa shape index (κ3) is 4.16. The van der Waals surface area contributed by atoms with Gasteiger partial charge in [0.05, 0.1) is 16.0 Å². The monoisotopic (exact) mass is 385 g/mol. The van der Waals surface area contributed by atoms with Crippen molar-refractivity contribution in [3.05, 3.63) is 48.7 Å². The van der Waals surface area contributed by atoms with E-state index in [0.29, 0.717) is 11.6 Å². The molecular weight excluding hydrogens is 366 g/mol. The van der Waals surface area contributed by atoms with Crippen molar-refractivity contribution in [1.29, 1.82) is 0 Å². The summed E-state index contributed by atoms with van der Waals surface area (Å²) in [5.41, 5.74) is 1.000. The number of hydrogen-bond acceptors (Lipinski definition) is 6. The molecular formula is C19H19N3O2S2. The Hall–Kier alpha value is -2.12. The fourth-order valence-electron chi connectivity index (χ4n) is 2.94. The fourth-order valence-corrected chi connectivity index (χ4v) is 4.91. The van der Waals surface area contributed by atoms with Crippen LogP contribution in [0.2, 0.25) is 0 Å². The van der Waals surface area contributed by atoms with Gasteiger partial charge in [0.25, 0.3) is 0 Å². The number of ether oxygens (including phenoxy) is 1. The summed E-state index contributed by atoms with van der Waals surface area (Å²) in [6, 6.07) is 13.7. The number of thioether (sulfide) groups is 1. The molecule has 0 unspecified atom stereocenters. The number of carbonyl (C=O) groups excluding carboxylic acids is 1. The molecule has 134 valence electrons. The highest BCUT2D eigenvalue weighted by molar-refractivity contribution is 8.01. The number of hydrogen-bond donors (Lipinski definition) is 0. The molecule has 0 atom stereocenters. The average molecular weight is 386 g/mol. The zero-order valence-electron chi connectivity index (χ0n) is 14.2. The zero-order valence-corrected chi connectivity index (χ0v) is 15.8. The van der Waals surface area contributed by atoms with Crippen LogP contribution in [0.25, 0.3) is 10.2 Å². The predicted octanol–water partition coefficient (Wildman–Crippen LogP) is 3.85. The molecule has 2 aromatic heterocycles. The maximum absolute atomic E-state index is 12.5. The quantitative estimate of drug-likeness (QED) is 0.625. The van der Waals surface area contributed by atoms with Crippen LogP contribution < -0.4 is 4.74 Å². The molecule has 1 amide bonds. The molecule has 1 aromatic carbocycles. The number of pyridine rings is 1. The largest absolute Gasteiger partial charge is 0.474 e. The van der Waals surface area contributed by atoms with Crippen molar-refractivity contribution in [1.82, 2.24) is 14.9 Å². The van der Waals surface area contributed by atoms with E-state index in [2.05, 4.69) is 16.0 Å². The molecule has 0 saturated carbocycles. The highest BCUT2D eigenvalue weighted by Gasteiger charge is 2.24. The second-order valence-corrected chi connectivity index (χ2v) is 8.36. The molecule has 1 aliphatic heterocycles. The second kappa shape index (κ2) is 8.05. The number of carbonyl (C=O) groups is 1. The number of rotatable bonds is 5. The van der Waals surface area contributed by atoms with E-state index in [1.807, 2.05) is 41.3 Å². The first-order valence-corrected chi connectivity index (χ1v) is 10.4. The van der Waals surface area contributed by atoms with Crippen LogP contribution in [0.1, 0.15) is 12.8 Å². The molecule has 5 nitrogen and oxygen atoms in total. The summed E-state index contributed by atoms with van der Waals surface area (Å²) in [5.74, 6) is 1.26. The summed E-state index contributed by atoms with van der Waals surface area (Å²) >= 11 is 3.17. The number of nitrogens with zero attached hydrogens (tertiary/aromatic N) is 3. The third-order valence-corrected chi connectivity index (χ3v) is 6.48. The van der Waals surface area contributed by atoms with Crippen LogP contribution >= 0.6 is 23.1 Å². The number of amides is 1. The van der Waals surface area contributed by atoms with E-state index in [4.69, 9.17) is 4.74 Å². The van der Waals surface area contributed by atoms with E-state index in [-0.39, 0.29) is 12.0 Å². The second-order valence-electron chi connectivity index (χ2n) is 6.10. The maximum Gasteiger partial charge on any atom is 0.233 e. The Morgan fingerprint density at radius 1 is 1.19 bits per heavy atom. The summed E-state index contributed by atoms with van der Waals surface area (Å²) in [6.45, 7) is 1.47. The van der Waals surface area contributed by atoms with Crippen molar-refractivity contribution in [3.8, 4) is 5.88 Å². The molecule has 26 heavy (non-hydrogen) atoms. The summed E-state index contributed by atoms with van der Waals surface area (Å²) in [5, 5.41) is 0. The van der Waals surface area contributed by atoms with Gasteiger partial charge in [0, 0.05) is 38.2 Å². The van der Waals surface area contributed by atoms with Crippen molar-refractivity contribution in [3.63, 3.8) is 0 Å². The Labute approximate surface area is 160 Å². The van der Waals surface area contributed by atoms with Gasteiger partial charge in [-0.1, -0.05) is 30.0 Å². The number of benzene rings is 1. The molecule has 0 radical (unpaired) electrons. The number of likely N-dealkylation sites (tertiary alicyclic amines) is 1. The Bertz CT molecular complexity index is 844. The van der Waals surface area contributed by atoms with E-state index in [1.165, 1.54) is 11.8 Å². The molecule has 7 heteroatoms. The van der Waals surface area contributed by atoms with E-state index in [0.717, 1.165) is 40.5 Å². The van der Waals surface area contributed by atoms with Crippen molar-refractivity contribution in [2.75, 3.05) is 18.8 Å². The Morgan fingerprint density at radius 3 is 2.77 bits per heavy atom. The Kier molecular flexibility index (Phi) is 5.36. The van der Waals surface area contributed by atoms with E-state index in [9.17, 15) is 4.79 Å². The van der Waals surface area contributed by atoms with E-state index >= 15 is 0 Å². The lowest BCUT2D eigenvalue weighted by Gasteiger charge is -2.31. The molecule has 3 heterocycles. The minimum atomic E-state index is 0.130. The molecule has 3 aromatic rings. The number of fused-ring (bicyclic) bond motifs is 1. The van der Waals surface area contributed by atoms with E-state index in [1.54, 1.807) is 17.5 Å². The van der Waals surface area contributed by atoms with Crippen LogP contribution in [-0.4, -0.2) is 45.7 Å². The van der Waals surface area contributed by atoms with Crippen LogP contribution in [0, 0.1) is 0 Å². The first kappa shape index (κ1) is 17.3. The summed E-state index contributed by atoms with van der Waals surface area (Å²) in [6.07, 6.45) is 3.54. The van der Waals surface area contributed by atoms with Crippen molar-refractivity contribution >= 4 is 39.2 Å². The van der Waals surface area contributed by atoms with Crippen LogP contribution in [0.3, 0.4) is 0 Å². The highest BCUT2D eigenvalue weighted by Crippen LogP contribution is 2.29. The topological polar surface area (TPSA) is 55.3 Å². The molecule has 0 spiro atoms. The fraction of sp³-hybridized carbons (Fsp3) is 0.316. The lowest BCUT2D eigenvalue weighted by Crippen LogP contribution is -2.42. The van der Waals surface area contributed by atoms with Gasteiger partial charge in [0.1, 0.15) is 6.10 Å². The van der Waals surface area contributed by atoms with Gasteiger partial charge in [-0.25, -0.2) is 9.97 Å². The Balaban J connectivity index is 1.25. The van der Waals surface area contributed by atoms with Crippen LogP contribution in [0.15, 0.2) is 53.0 Å². The van der Waals surface area contributed by atoms with Crippen molar-refractivity contribution in [2.45, 2.75) is 23.3 Å². The molecule has 0 N–H and O–H groups in total. The van der Waals surface area contributed by atoms with Crippen molar-refractivity contribution in [2.24, 2.45) is 0 Å². The zero-order chi connectivity index (χ0) is 17.8. The minimum absolute atomic E-state index is 0.130. The molecule has 0 bridgehead atoms. The summed E-state index contributed by atoms with van der Waals surface area (Å²) in [4.78, 5) is 23.2. The van der Waals surface area contributed by atoms with Gasteiger partial charge in [0.2, 0.25) is 11.8 Å². The van der Waals surface area contributed by atoms with Gasteiger partial charge in [-0.2, -0.15) is 0 Å². The molecule has 1 saturated heterocycles. The lowest BCUT2D eigenvalue weighted by atomic mass is 10.1. The first-order valence-electron chi connectivity index (χ1n) is 8.62. The van der Waals surface area contributed by atoms with Gasteiger partial charge in [0.15, 0.2) is 4.34 Å². The minimum Gasteiger partial charge on any atom is -0.474 e. The number of piperidine rings is 1. The van der Waals surface area contributed by atoms with Gasteiger partial charge in [-0.05, 0) is 18.2 Å². The molecule has 1 aliphatic rings. The molecule has 1 fully saturated rings.